The highest BCUT2D eigenvalue weighted by molar-refractivity contribution is 7.86. The van der Waals surface area contributed by atoms with Gasteiger partial charge in [0.05, 0.1) is 0 Å². The molecule has 0 bridgehead atoms. The number of phenolic OH excluding ortho intramolecular Hbond substituents is 2. The topological polar surface area (TPSA) is 249 Å². The SMILES string of the molecule is O=C(Nc1cccc(C(=O)Nc2ccc(S(=O)(=O)O)c3cc(O)ccc23)c1)Nc1cccc(C(=O)Nc2ccc(S(=O)(=O)O)c3cc(O)ccc23)c1. The number of anilines is 4. The van der Waals surface area contributed by atoms with Crippen molar-refractivity contribution in [2.24, 2.45) is 0 Å². The quantitative estimate of drug-likeness (QED) is 0.0834. The summed E-state index contributed by atoms with van der Waals surface area (Å²) in [5, 5.41) is 30.7. The van der Waals surface area contributed by atoms with Crippen molar-refractivity contribution in [1.29, 1.82) is 0 Å². The maximum Gasteiger partial charge on any atom is 0.323 e. The lowest BCUT2D eigenvalue weighted by Crippen LogP contribution is -2.20. The number of carbonyl (C=O) groups excluding carboxylic acids is 3. The number of hydrogen-bond acceptors (Lipinski definition) is 9. The Morgan fingerprint density at radius 2 is 0.865 bits per heavy atom. The Labute approximate surface area is 295 Å². The summed E-state index contributed by atoms with van der Waals surface area (Å²) in [7, 11) is -9.28. The summed E-state index contributed by atoms with van der Waals surface area (Å²) >= 11 is 0. The van der Waals surface area contributed by atoms with E-state index < -0.39 is 47.9 Å². The van der Waals surface area contributed by atoms with E-state index in [1.54, 1.807) is 0 Å². The molecule has 0 spiro atoms. The van der Waals surface area contributed by atoms with E-state index in [0.717, 1.165) is 24.3 Å². The summed E-state index contributed by atoms with van der Waals surface area (Å²) < 4.78 is 66.6. The standard InChI is InChI=1S/C35H26N4O11S2/c40-23-7-9-25-27(17-23)31(51(45,46)47)13-11-29(25)38-33(42)19-3-1-5-21(15-19)36-35(44)37-22-6-2-4-20(16-22)34(43)39-30-12-14-32(52(48,49)50)28-18-24(41)8-10-26(28)30/h1-18,40-41H,(H,38,42)(H,39,43)(H2,36,37,44)(H,45,46,47)(H,48,49,50). The molecule has 0 aliphatic carbocycles. The van der Waals surface area contributed by atoms with Crippen LogP contribution in [0, 0.1) is 0 Å². The van der Waals surface area contributed by atoms with Crippen LogP contribution in [0.1, 0.15) is 20.7 Å². The fraction of sp³-hybridized carbons (Fsp3) is 0. The van der Waals surface area contributed by atoms with Gasteiger partial charge in [-0.1, -0.05) is 12.1 Å². The summed E-state index contributed by atoms with van der Waals surface area (Å²) in [5.41, 5.74) is 1.07. The highest BCUT2D eigenvalue weighted by atomic mass is 32.2. The summed E-state index contributed by atoms with van der Waals surface area (Å²) in [6, 6.07) is 23.5. The molecule has 52 heavy (non-hydrogen) atoms. The Morgan fingerprint density at radius 3 is 1.25 bits per heavy atom. The van der Waals surface area contributed by atoms with E-state index in [1.807, 2.05) is 0 Å². The molecule has 0 fully saturated rings. The molecule has 0 aliphatic rings. The fourth-order valence-corrected chi connectivity index (χ4v) is 6.82. The van der Waals surface area contributed by atoms with Crippen LogP contribution in [0.3, 0.4) is 0 Å². The van der Waals surface area contributed by atoms with Gasteiger partial charge in [0, 0.05) is 55.4 Å². The molecule has 15 nitrogen and oxygen atoms in total. The lowest BCUT2D eigenvalue weighted by molar-refractivity contribution is 0.101. The summed E-state index contributed by atoms with van der Waals surface area (Å²) in [6.07, 6.45) is 0. The number of nitrogens with one attached hydrogen (secondary N) is 4. The molecular weight excluding hydrogens is 717 g/mol. The maximum absolute atomic E-state index is 13.2. The average Bonchev–Trinajstić information content (AvgIpc) is 3.07. The second-order valence-corrected chi connectivity index (χ2v) is 14.1. The number of hydrogen-bond donors (Lipinski definition) is 8. The van der Waals surface area contributed by atoms with Gasteiger partial charge in [0.25, 0.3) is 32.1 Å². The van der Waals surface area contributed by atoms with E-state index in [9.17, 15) is 50.5 Å². The Kier molecular flexibility index (Phi) is 9.26. The highest BCUT2D eigenvalue weighted by Gasteiger charge is 2.20. The molecule has 0 saturated carbocycles. The molecule has 0 saturated heterocycles. The van der Waals surface area contributed by atoms with Crippen molar-refractivity contribution in [3.05, 3.63) is 120 Å². The summed E-state index contributed by atoms with van der Waals surface area (Å²) in [4.78, 5) is 38.3. The molecule has 4 amide bonds. The largest absolute Gasteiger partial charge is 0.508 e. The van der Waals surface area contributed by atoms with Gasteiger partial charge in [-0.3, -0.25) is 18.7 Å². The number of urea groups is 1. The molecule has 0 aliphatic heterocycles. The van der Waals surface area contributed by atoms with Crippen LogP contribution in [0.15, 0.2) is 119 Å². The van der Waals surface area contributed by atoms with Gasteiger partial charge in [0.15, 0.2) is 0 Å². The van der Waals surface area contributed by atoms with E-state index >= 15 is 0 Å². The number of fused-ring (bicyclic) bond motifs is 2. The zero-order valence-electron chi connectivity index (χ0n) is 26.4. The van der Waals surface area contributed by atoms with Crippen molar-refractivity contribution in [2.45, 2.75) is 9.79 Å². The molecular formula is C35H26N4O11S2. The van der Waals surface area contributed by atoms with Gasteiger partial charge in [0.2, 0.25) is 0 Å². The number of carbonyl (C=O) groups is 3. The monoisotopic (exact) mass is 742 g/mol. The van der Waals surface area contributed by atoms with Gasteiger partial charge in [-0.05, 0) is 97.1 Å². The van der Waals surface area contributed by atoms with Crippen molar-refractivity contribution in [2.75, 3.05) is 21.3 Å². The second kappa shape index (κ2) is 13.6. The van der Waals surface area contributed by atoms with Crippen LogP contribution >= 0.6 is 0 Å². The third-order valence-corrected chi connectivity index (χ3v) is 9.56. The zero-order valence-corrected chi connectivity index (χ0v) is 28.0. The zero-order chi connectivity index (χ0) is 37.4. The van der Waals surface area contributed by atoms with Crippen LogP contribution in [0.25, 0.3) is 21.5 Å². The van der Waals surface area contributed by atoms with Crippen LogP contribution in [-0.4, -0.2) is 54.0 Å². The van der Waals surface area contributed by atoms with Crippen molar-refractivity contribution in [3.8, 4) is 11.5 Å². The Balaban J connectivity index is 1.15. The molecule has 264 valence electrons. The van der Waals surface area contributed by atoms with Crippen LogP contribution in [0.4, 0.5) is 27.5 Å². The van der Waals surface area contributed by atoms with Crippen LogP contribution in [-0.2, 0) is 20.2 Å². The van der Waals surface area contributed by atoms with Gasteiger partial charge < -0.3 is 31.5 Å². The van der Waals surface area contributed by atoms with Gasteiger partial charge in [-0.25, -0.2) is 4.79 Å². The first kappa shape index (κ1) is 35.3. The summed E-state index contributed by atoms with van der Waals surface area (Å²) in [6.45, 7) is 0. The van der Waals surface area contributed by atoms with Gasteiger partial charge in [0.1, 0.15) is 21.3 Å². The fourth-order valence-electron chi connectivity index (χ4n) is 5.45. The first-order chi connectivity index (χ1) is 24.6. The van der Waals surface area contributed by atoms with Gasteiger partial charge >= 0.3 is 6.03 Å². The first-order valence-corrected chi connectivity index (χ1v) is 17.8. The highest BCUT2D eigenvalue weighted by Crippen LogP contribution is 2.34. The lowest BCUT2D eigenvalue weighted by Gasteiger charge is -2.13. The van der Waals surface area contributed by atoms with E-state index in [2.05, 4.69) is 21.3 Å². The van der Waals surface area contributed by atoms with Gasteiger partial charge in [-0.2, -0.15) is 16.8 Å². The Hall–Kier alpha value is -6.53. The van der Waals surface area contributed by atoms with Crippen molar-refractivity contribution >= 4 is 82.4 Å². The van der Waals surface area contributed by atoms with Crippen molar-refractivity contribution in [3.63, 3.8) is 0 Å². The van der Waals surface area contributed by atoms with E-state index in [-0.39, 0.29) is 66.9 Å². The number of phenols is 2. The van der Waals surface area contributed by atoms with Crippen LogP contribution in [0.2, 0.25) is 0 Å². The molecule has 0 unspecified atom stereocenters. The Bertz CT molecular complexity index is 2500. The third kappa shape index (κ3) is 7.62. The number of benzene rings is 6. The third-order valence-electron chi connectivity index (χ3n) is 7.74. The van der Waals surface area contributed by atoms with E-state index in [4.69, 9.17) is 0 Å². The minimum Gasteiger partial charge on any atom is -0.508 e. The predicted molar refractivity (Wildman–Crippen MR) is 192 cm³/mol. The lowest BCUT2D eigenvalue weighted by atomic mass is 10.1. The Morgan fingerprint density at radius 1 is 0.462 bits per heavy atom. The van der Waals surface area contributed by atoms with Crippen molar-refractivity contribution in [1.82, 2.24) is 0 Å². The molecule has 0 radical (unpaired) electrons. The molecule has 8 N–H and O–H groups in total. The average molecular weight is 743 g/mol. The smallest absolute Gasteiger partial charge is 0.323 e. The van der Waals surface area contributed by atoms with Crippen LogP contribution < -0.4 is 21.3 Å². The van der Waals surface area contributed by atoms with Crippen molar-refractivity contribution < 1.29 is 50.5 Å². The molecule has 6 aromatic rings. The minimum atomic E-state index is -4.64. The second-order valence-electron chi connectivity index (χ2n) is 11.3. The molecule has 0 heterocycles. The molecule has 0 aromatic heterocycles. The molecule has 6 aromatic carbocycles. The van der Waals surface area contributed by atoms with E-state index in [0.29, 0.717) is 0 Å². The summed E-state index contributed by atoms with van der Waals surface area (Å²) in [5.74, 6) is -1.74. The number of amides is 4. The number of rotatable bonds is 8. The molecule has 6 rings (SSSR count). The first-order valence-electron chi connectivity index (χ1n) is 14.9. The normalized spacial score (nSPS) is 11.6. The molecule has 17 heteroatoms. The van der Waals surface area contributed by atoms with E-state index in [1.165, 1.54) is 84.9 Å². The number of aromatic hydroxyl groups is 2. The maximum atomic E-state index is 13.2. The van der Waals surface area contributed by atoms with Crippen LogP contribution in [0.5, 0.6) is 11.5 Å². The van der Waals surface area contributed by atoms with Gasteiger partial charge in [-0.15, -0.1) is 0 Å². The minimum absolute atomic E-state index is 0.0158. The molecule has 0 atom stereocenters. The predicted octanol–water partition coefficient (Wildman–Crippen LogP) is 6.05.